The fourth-order valence-corrected chi connectivity index (χ4v) is 2.59. The molecule has 2 nitrogen and oxygen atoms in total. The lowest BCUT2D eigenvalue weighted by Crippen LogP contribution is -2.49. The van der Waals surface area contributed by atoms with Gasteiger partial charge in [0, 0.05) is 30.4 Å². The highest BCUT2D eigenvalue weighted by molar-refractivity contribution is 7.98. The molecule has 1 fully saturated rings. The van der Waals surface area contributed by atoms with Crippen LogP contribution in [-0.2, 0) is 0 Å². The second-order valence-corrected chi connectivity index (χ2v) is 5.93. The normalized spacial score (nSPS) is 34.0. The van der Waals surface area contributed by atoms with E-state index in [0.717, 1.165) is 6.04 Å². The van der Waals surface area contributed by atoms with Gasteiger partial charge in [-0.3, -0.25) is 4.90 Å². The van der Waals surface area contributed by atoms with E-state index in [1.807, 2.05) is 11.8 Å². The SMILES string of the molecule is CCC1(C)CN(CCSC)C(C)CCN1. The van der Waals surface area contributed by atoms with Gasteiger partial charge in [-0.05, 0) is 39.5 Å². The lowest BCUT2D eigenvalue weighted by Gasteiger charge is -2.34. The van der Waals surface area contributed by atoms with Crippen LogP contribution in [0.3, 0.4) is 0 Å². The molecule has 0 aromatic heterocycles. The van der Waals surface area contributed by atoms with E-state index in [2.05, 4.69) is 37.2 Å². The molecule has 2 unspecified atom stereocenters. The number of nitrogens with one attached hydrogen (secondary N) is 1. The van der Waals surface area contributed by atoms with Gasteiger partial charge in [-0.25, -0.2) is 0 Å². The Labute approximate surface area is 99.2 Å². The Kier molecular flexibility index (Phi) is 5.44. The second-order valence-electron chi connectivity index (χ2n) is 4.94. The zero-order valence-electron chi connectivity index (χ0n) is 10.7. The third-order valence-electron chi connectivity index (χ3n) is 3.65. The number of thioether (sulfide) groups is 1. The molecule has 1 aliphatic heterocycles. The van der Waals surface area contributed by atoms with E-state index in [-0.39, 0.29) is 0 Å². The topological polar surface area (TPSA) is 15.3 Å². The van der Waals surface area contributed by atoms with Crippen LogP contribution in [-0.4, -0.2) is 48.1 Å². The van der Waals surface area contributed by atoms with E-state index in [1.165, 1.54) is 38.2 Å². The van der Waals surface area contributed by atoms with Crippen molar-refractivity contribution in [3.63, 3.8) is 0 Å². The van der Waals surface area contributed by atoms with E-state index in [1.54, 1.807) is 0 Å². The Morgan fingerprint density at radius 1 is 1.53 bits per heavy atom. The Hall–Kier alpha value is 0.270. The lowest BCUT2D eigenvalue weighted by molar-refractivity contribution is 0.181. The fourth-order valence-electron chi connectivity index (χ4n) is 2.17. The molecule has 0 radical (unpaired) electrons. The molecule has 1 saturated heterocycles. The smallest absolute Gasteiger partial charge is 0.0277 e. The molecule has 90 valence electrons. The zero-order valence-corrected chi connectivity index (χ0v) is 11.5. The second kappa shape index (κ2) is 6.12. The van der Waals surface area contributed by atoms with Crippen LogP contribution in [0.15, 0.2) is 0 Å². The van der Waals surface area contributed by atoms with Crippen molar-refractivity contribution in [1.29, 1.82) is 0 Å². The summed E-state index contributed by atoms with van der Waals surface area (Å²) in [6.07, 6.45) is 4.69. The molecule has 3 heteroatoms. The van der Waals surface area contributed by atoms with E-state index in [4.69, 9.17) is 0 Å². The van der Waals surface area contributed by atoms with E-state index < -0.39 is 0 Å². The van der Waals surface area contributed by atoms with Gasteiger partial charge in [-0.2, -0.15) is 11.8 Å². The van der Waals surface area contributed by atoms with Gasteiger partial charge in [0.05, 0.1) is 0 Å². The van der Waals surface area contributed by atoms with Crippen LogP contribution in [0, 0.1) is 0 Å². The fraction of sp³-hybridized carbons (Fsp3) is 1.00. The standard InChI is InChI=1S/C12H26N2S/c1-5-12(3)10-14(8-9-15-4)11(2)6-7-13-12/h11,13H,5-10H2,1-4H3. The Bertz CT molecular complexity index is 186. The van der Waals surface area contributed by atoms with Crippen molar-refractivity contribution in [2.45, 2.75) is 45.2 Å². The van der Waals surface area contributed by atoms with E-state index in [9.17, 15) is 0 Å². The van der Waals surface area contributed by atoms with Gasteiger partial charge in [-0.1, -0.05) is 6.92 Å². The average Bonchev–Trinajstić information content (AvgIpc) is 2.37. The molecule has 0 saturated carbocycles. The first-order valence-corrected chi connectivity index (χ1v) is 7.48. The van der Waals surface area contributed by atoms with Gasteiger partial charge in [-0.15, -0.1) is 0 Å². The van der Waals surface area contributed by atoms with Crippen molar-refractivity contribution in [1.82, 2.24) is 10.2 Å². The zero-order chi connectivity index (χ0) is 11.3. The van der Waals surface area contributed by atoms with Crippen LogP contribution in [0.1, 0.15) is 33.6 Å². The molecule has 0 aromatic rings. The van der Waals surface area contributed by atoms with Crippen molar-refractivity contribution in [2.75, 3.05) is 31.6 Å². The number of nitrogens with zero attached hydrogens (tertiary/aromatic N) is 1. The molecule has 1 rings (SSSR count). The highest BCUT2D eigenvalue weighted by Crippen LogP contribution is 2.18. The maximum atomic E-state index is 3.70. The van der Waals surface area contributed by atoms with E-state index >= 15 is 0 Å². The van der Waals surface area contributed by atoms with Crippen molar-refractivity contribution in [3.05, 3.63) is 0 Å². The predicted molar refractivity (Wildman–Crippen MR) is 70.7 cm³/mol. The molecule has 0 amide bonds. The molecule has 15 heavy (non-hydrogen) atoms. The minimum Gasteiger partial charge on any atom is -0.310 e. The third kappa shape index (κ3) is 3.97. The summed E-state index contributed by atoms with van der Waals surface area (Å²) >= 11 is 1.95. The molecule has 0 bridgehead atoms. The molecule has 0 aliphatic carbocycles. The average molecular weight is 230 g/mol. The quantitative estimate of drug-likeness (QED) is 0.797. The third-order valence-corrected chi connectivity index (χ3v) is 4.24. The highest BCUT2D eigenvalue weighted by atomic mass is 32.2. The summed E-state index contributed by atoms with van der Waals surface area (Å²) in [6, 6.07) is 0.734. The molecule has 1 N–H and O–H groups in total. The number of hydrogen-bond acceptors (Lipinski definition) is 3. The largest absolute Gasteiger partial charge is 0.310 e. The molecule has 1 heterocycles. The summed E-state index contributed by atoms with van der Waals surface area (Å²) in [6.45, 7) is 10.6. The van der Waals surface area contributed by atoms with Crippen LogP contribution in [0.4, 0.5) is 0 Å². The minimum atomic E-state index is 0.323. The summed E-state index contributed by atoms with van der Waals surface area (Å²) in [7, 11) is 0. The van der Waals surface area contributed by atoms with Crippen molar-refractivity contribution in [2.24, 2.45) is 0 Å². The first kappa shape index (κ1) is 13.3. The van der Waals surface area contributed by atoms with Gasteiger partial charge in [0.25, 0.3) is 0 Å². The van der Waals surface area contributed by atoms with Crippen molar-refractivity contribution >= 4 is 11.8 Å². The minimum absolute atomic E-state index is 0.323. The molecular weight excluding hydrogens is 204 g/mol. The summed E-state index contributed by atoms with van der Waals surface area (Å²) in [4.78, 5) is 2.65. The first-order valence-electron chi connectivity index (χ1n) is 6.09. The van der Waals surface area contributed by atoms with Crippen LogP contribution in [0.2, 0.25) is 0 Å². The Morgan fingerprint density at radius 3 is 2.87 bits per heavy atom. The van der Waals surface area contributed by atoms with Crippen LogP contribution in [0.25, 0.3) is 0 Å². The first-order chi connectivity index (χ1) is 7.11. The lowest BCUT2D eigenvalue weighted by atomic mass is 9.98. The summed E-state index contributed by atoms with van der Waals surface area (Å²) in [5.41, 5.74) is 0.323. The van der Waals surface area contributed by atoms with Gasteiger partial charge in [0.15, 0.2) is 0 Å². The van der Waals surface area contributed by atoms with Gasteiger partial charge in [0.1, 0.15) is 0 Å². The number of rotatable bonds is 4. The number of hydrogen-bond donors (Lipinski definition) is 1. The summed E-state index contributed by atoms with van der Waals surface area (Å²) < 4.78 is 0. The van der Waals surface area contributed by atoms with Crippen LogP contribution >= 0.6 is 11.8 Å². The molecule has 0 spiro atoms. The molecule has 0 aromatic carbocycles. The molecule has 1 aliphatic rings. The van der Waals surface area contributed by atoms with Gasteiger partial charge < -0.3 is 5.32 Å². The predicted octanol–water partition coefficient (Wildman–Crippen LogP) is 2.20. The van der Waals surface area contributed by atoms with Crippen molar-refractivity contribution in [3.8, 4) is 0 Å². The van der Waals surface area contributed by atoms with Crippen LogP contribution in [0.5, 0.6) is 0 Å². The maximum Gasteiger partial charge on any atom is 0.0277 e. The molecular formula is C12H26N2S. The van der Waals surface area contributed by atoms with Crippen LogP contribution < -0.4 is 5.32 Å². The van der Waals surface area contributed by atoms with Gasteiger partial charge in [0.2, 0.25) is 0 Å². The van der Waals surface area contributed by atoms with Gasteiger partial charge >= 0.3 is 0 Å². The highest BCUT2D eigenvalue weighted by Gasteiger charge is 2.29. The summed E-state index contributed by atoms with van der Waals surface area (Å²) in [5.74, 6) is 1.25. The Morgan fingerprint density at radius 2 is 2.27 bits per heavy atom. The van der Waals surface area contributed by atoms with Crippen molar-refractivity contribution < 1.29 is 0 Å². The summed E-state index contributed by atoms with van der Waals surface area (Å²) in [5, 5.41) is 3.70. The van der Waals surface area contributed by atoms with E-state index in [0.29, 0.717) is 5.54 Å². The molecule has 2 atom stereocenters. The monoisotopic (exact) mass is 230 g/mol. The Balaban J connectivity index is 2.56. The maximum absolute atomic E-state index is 3.70.